The molecule has 0 aliphatic rings. The number of hydrogen-bond donors (Lipinski definition) is 2. The summed E-state index contributed by atoms with van der Waals surface area (Å²) in [6, 6.07) is 0. The molecule has 4 N–H and O–H groups in total. The van der Waals surface area contributed by atoms with E-state index in [0.717, 1.165) is 12.8 Å². The van der Waals surface area contributed by atoms with Crippen LogP contribution >= 0.6 is 0 Å². The average molecular weight is 269 g/mol. The SMILES string of the molecule is CCCCCCCC(C)(CCCCCC)N=C(N)N. The van der Waals surface area contributed by atoms with E-state index in [1.807, 2.05) is 0 Å². The summed E-state index contributed by atoms with van der Waals surface area (Å²) in [4.78, 5) is 4.50. The third kappa shape index (κ3) is 10.8. The molecule has 0 bridgehead atoms. The fourth-order valence-electron chi connectivity index (χ4n) is 2.59. The molecule has 3 heteroatoms. The van der Waals surface area contributed by atoms with Crippen LogP contribution in [0.15, 0.2) is 4.99 Å². The van der Waals surface area contributed by atoms with Gasteiger partial charge in [-0.25, -0.2) is 4.99 Å². The lowest BCUT2D eigenvalue weighted by atomic mass is 9.89. The minimum absolute atomic E-state index is 0.0429. The van der Waals surface area contributed by atoms with E-state index >= 15 is 0 Å². The first-order chi connectivity index (χ1) is 9.04. The topological polar surface area (TPSA) is 64.4 Å². The second kappa shape index (κ2) is 11.1. The number of aliphatic imine (C=N–C) groups is 1. The molecular formula is C16H35N3. The highest BCUT2D eigenvalue weighted by Crippen LogP contribution is 2.26. The molecule has 0 aromatic rings. The lowest BCUT2D eigenvalue weighted by molar-refractivity contribution is 0.367. The molecule has 0 aliphatic carbocycles. The van der Waals surface area contributed by atoms with Crippen LogP contribution in [-0.4, -0.2) is 11.5 Å². The quantitative estimate of drug-likeness (QED) is 0.314. The van der Waals surface area contributed by atoms with Gasteiger partial charge < -0.3 is 11.5 Å². The second-order valence-electron chi connectivity index (χ2n) is 6.01. The van der Waals surface area contributed by atoms with Gasteiger partial charge in [-0.05, 0) is 19.8 Å². The molecule has 1 atom stereocenters. The van der Waals surface area contributed by atoms with Gasteiger partial charge in [-0.1, -0.05) is 71.6 Å². The smallest absolute Gasteiger partial charge is 0.186 e. The zero-order valence-corrected chi connectivity index (χ0v) is 13.4. The summed E-state index contributed by atoms with van der Waals surface area (Å²) < 4.78 is 0. The van der Waals surface area contributed by atoms with E-state index < -0.39 is 0 Å². The Morgan fingerprint density at radius 2 is 1.21 bits per heavy atom. The van der Waals surface area contributed by atoms with Crippen molar-refractivity contribution in [1.29, 1.82) is 0 Å². The summed E-state index contributed by atoms with van der Waals surface area (Å²) in [7, 11) is 0. The van der Waals surface area contributed by atoms with E-state index in [9.17, 15) is 0 Å². The van der Waals surface area contributed by atoms with Crippen molar-refractivity contribution in [2.75, 3.05) is 0 Å². The monoisotopic (exact) mass is 269 g/mol. The summed E-state index contributed by atoms with van der Waals surface area (Å²) in [5.74, 6) is 0.242. The van der Waals surface area contributed by atoms with Gasteiger partial charge in [0.1, 0.15) is 0 Å². The lowest BCUT2D eigenvalue weighted by Gasteiger charge is -2.25. The summed E-state index contributed by atoms with van der Waals surface area (Å²) >= 11 is 0. The molecule has 0 saturated carbocycles. The minimum Gasteiger partial charge on any atom is -0.370 e. The third-order valence-corrected chi connectivity index (χ3v) is 3.79. The first-order valence-electron chi connectivity index (χ1n) is 8.15. The predicted octanol–water partition coefficient (Wildman–Crippen LogP) is 4.35. The standard InChI is InChI=1S/C16H35N3/c1-4-6-8-10-12-14-16(3,19-15(17)18)13-11-9-7-5-2/h4-14H2,1-3H3,(H4,17,18,19). The van der Waals surface area contributed by atoms with Crippen LogP contribution in [0.1, 0.15) is 91.4 Å². The van der Waals surface area contributed by atoms with E-state index in [2.05, 4.69) is 25.8 Å². The summed E-state index contributed by atoms with van der Waals surface area (Å²) in [5.41, 5.74) is 11.1. The van der Waals surface area contributed by atoms with E-state index in [-0.39, 0.29) is 11.5 Å². The predicted molar refractivity (Wildman–Crippen MR) is 86.3 cm³/mol. The molecule has 114 valence electrons. The largest absolute Gasteiger partial charge is 0.370 e. The van der Waals surface area contributed by atoms with Crippen molar-refractivity contribution in [3.05, 3.63) is 0 Å². The van der Waals surface area contributed by atoms with Crippen LogP contribution in [0.3, 0.4) is 0 Å². The third-order valence-electron chi connectivity index (χ3n) is 3.79. The maximum atomic E-state index is 5.59. The highest BCUT2D eigenvalue weighted by Gasteiger charge is 2.22. The van der Waals surface area contributed by atoms with Gasteiger partial charge in [0.25, 0.3) is 0 Å². The van der Waals surface area contributed by atoms with Crippen molar-refractivity contribution in [2.45, 2.75) is 96.9 Å². The van der Waals surface area contributed by atoms with E-state index in [1.165, 1.54) is 57.8 Å². The average Bonchev–Trinajstić information content (AvgIpc) is 2.34. The zero-order valence-electron chi connectivity index (χ0n) is 13.4. The van der Waals surface area contributed by atoms with Gasteiger partial charge in [-0.3, -0.25) is 0 Å². The van der Waals surface area contributed by atoms with Crippen molar-refractivity contribution in [2.24, 2.45) is 16.5 Å². The molecule has 0 amide bonds. The maximum absolute atomic E-state index is 5.59. The molecule has 0 aliphatic heterocycles. The molecule has 0 saturated heterocycles. The van der Waals surface area contributed by atoms with E-state index in [4.69, 9.17) is 11.5 Å². The fraction of sp³-hybridized carbons (Fsp3) is 0.938. The normalized spacial score (nSPS) is 14.1. The van der Waals surface area contributed by atoms with Crippen molar-refractivity contribution in [3.8, 4) is 0 Å². The van der Waals surface area contributed by atoms with Gasteiger partial charge in [-0.15, -0.1) is 0 Å². The van der Waals surface area contributed by atoms with Crippen molar-refractivity contribution in [1.82, 2.24) is 0 Å². The molecule has 0 aromatic carbocycles. The number of nitrogens with zero attached hydrogens (tertiary/aromatic N) is 1. The van der Waals surface area contributed by atoms with Gasteiger partial charge in [0.2, 0.25) is 0 Å². The molecule has 0 heterocycles. The van der Waals surface area contributed by atoms with E-state index in [0.29, 0.717) is 0 Å². The number of unbranched alkanes of at least 4 members (excludes halogenated alkanes) is 7. The fourth-order valence-corrected chi connectivity index (χ4v) is 2.59. The van der Waals surface area contributed by atoms with E-state index in [1.54, 1.807) is 0 Å². The molecular weight excluding hydrogens is 234 g/mol. The van der Waals surface area contributed by atoms with Crippen molar-refractivity contribution in [3.63, 3.8) is 0 Å². The van der Waals surface area contributed by atoms with Crippen LogP contribution in [0.5, 0.6) is 0 Å². The lowest BCUT2D eigenvalue weighted by Crippen LogP contribution is -2.31. The highest BCUT2D eigenvalue weighted by molar-refractivity contribution is 5.76. The van der Waals surface area contributed by atoms with Crippen molar-refractivity contribution >= 4 is 5.96 Å². The number of hydrogen-bond acceptors (Lipinski definition) is 1. The molecule has 3 nitrogen and oxygen atoms in total. The van der Waals surface area contributed by atoms with Crippen LogP contribution in [0.2, 0.25) is 0 Å². The second-order valence-corrected chi connectivity index (χ2v) is 6.01. The molecule has 0 aromatic heterocycles. The van der Waals surface area contributed by atoms with Gasteiger partial charge in [0.05, 0.1) is 5.54 Å². The van der Waals surface area contributed by atoms with Crippen LogP contribution < -0.4 is 11.5 Å². The van der Waals surface area contributed by atoms with Gasteiger partial charge in [0.15, 0.2) is 5.96 Å². The first-order valence-corrected chi connectivity index (χ1v) is 8.15. The maximum Gasteiger partial charge on any atom is 0.186 e. The van der Waals surface area contributed by atoms with Crippen molar-refractivity contribution < 1.29 is 0 Å². The molecule has 0 rings (SSSR count). The molecule has 0 radical (unpaired) electrons. The van der Waals surface area contributed by atoms with Gasteiger partial charge >= 0.3 is 0 Å². The van der Waals surface area contributed by atoms with Gasteiger partial charge in [-0.2, -0.15) is 0 Å². The first kappa shape index (κ1) is 18.3. The Kier molecular flexibility index (Phi) is 10.7. The molecule has 0 spiro atoms. The summed E-state index contributed by atoms with van der Waals surface area (Å²) in [6.45, 7) is 6.69. The molecule has 0 fully saturated rings. The summed E-state index contributed by atoms with van der Waals surface area (Å²) in [6.07, 6.45) is 13.9. The Bertz CT molecular complexity index is 234. The number of rotatable bonds is 12. The molecule has 1 unspecified atom stereocenters. The molecule has 19 heavy (non-hydrogen) atoms. The summed E-state index contributed by atoms with van der Waals surface area (Å²) in [5, 5.41) is 0. The Morgan fingerprint density at radius 1 is 0.789 bits per heavy atom. The van der Waals surface area contributed by atoms with Crippen LogP contribution in [0, 0.1) is 0 Å². The minimum atomic E-state index is -0.0429. The van der Waals surface area contributed by atoms with Crippen LogP contribution in [-0.2, 0) is 0 Å². The number of guanidine groups is 1. The number of nitrogens with two attached hydrogens (primary N) is 2. The Hall–Kier alpha value is -0.730. The zero-order chi connectivity index (χ0) is 14.6. The van der Waals surface area contributed by atoms with Crippen LogP contribution in [0.4, 0.5) is 0 Å². The highest BCUT2D eigenvalue weighted by atomic mass is 15.0. The Morgan fingerprint density at radius 3 is 1.63 bits per heavy atom. The Labute approximate surface area is 120 Å². The Balaban J connectivity index is 4.08. The van der Waals surface area contributed by atoms with Gasteiger partial charge in [0, 0.05) is 0 Å². The van der Waals surface area contributed by atoms with Crippen LogP contribution in [0.25, 0.3) is 0 Å².